The largest absolute Gasteiger partial charge is 0.490 e. The summed E-state index contributed by atoms with van der Waals surface area (Å²) in [6.07, 6.45) is -0.122. The van der Waals surface area contributed by atoms with Crippen molar-refractivity contribution in [2.75, 3.05) is 5.32 Å². The smallest absolute Gasteiger partial charge is 0.354 e. The number of anilines is 2. The van der Waals surface area contributed by atoms with Crippen LogP contribution in [0.25, 0.3) is 0 Å². The molecule has 0 saturated carbocycles. The highest BCUT2D eigenvalue weighted by Gasteiger charge is 2.19. The fourth-order valence-corrected chi connectivity index (χ4v) is 3.33. The Morgan fingerprint density at radius 1 is 1.14 bits per heavy atom. The van der Waals surface area contributed by atoms with Gasteiger partial charge in [-0.15, -0.1) is 0 Å². The van der Waals surface area contributed by atoms with Gasteiger partial charge in [0.05, 0.1) is 24.1 Å². The number of hydrogen-bond acceptors (Lipinski definition) is 7. The zero-order valence-electron chi connectivity index (χ0n) is 20.0. The van der Waals surface area contributed by atoms with Gasteiger partial charge in [0.1, 0.15) is 11.8 Å². The van der Waals surface area contributed by atoms with Crippen LogP contribution in [-0.4, -0.2) is 31.3 Å². The number of nitrogens with zero attached hydrogens (tertiary/aromatic N) is 4. The SMILES string of the molecule is Cc1ccc(Cn2c(Nc3ccc(OC(C)C)c(C#N)c3)nc(=O)n(C[C@H](C)C(=O)O)c2=O)cc1. The molecule has 182 valence electrons. The maximum atomic E-state index is 13.3. The third kappa shape index (κ3) is 6.14. The molecule has 35 heavy (non-hydrogen) atoms. The molecule has 1 heterocycles. The Kier molecular flexibility index (Phi) is 7.71. The van der Waals surface area contributed by atoms with Crippen molar-refractivity contribution in [2.45, 2.75) is 46.9 Å². The monoisotopic (exact) mass is 477 g/mol. The van der Waals surface area contributed by atoms with Gasteiger partial charge in [0.15, 0.2) is 0 Å². The Balaban J connectivity index is 2.08. The fourth-order valence-electron chi connectivity index (χ4n) is 3.33. The molecule has 0 aliphatic carbocycles. The molecule has 3 aromatic rings. The summed E-state index contributed by atoms with van der Waals surface area (Å²) in [7, 11) is 0. The lowest BCUT2D eigenvalue weighted by Crippen LogP contribution is -2.44. The molecule has 0 aliphatic heterocycles. The second-order valence-corrected chi connectivity index (χ2v) is 8.54. The number of nitriles is 1. The van der Waals surface area contributed by atoms with E-state index in [1.165, 1.54) is 17.6 Å². The zero-order valence-corrected chi connectivity index (χ0v) is 20.0. The van der Waals surface area contributed by atoms with E-state index in [2.05, 4.69) is 16.4 Å². The second-order valence-electron chi connectivity index (χ2n) is 8.54. The van der Waals surface area contributed by atoms with E-state index in [4.69, 9.17) is 4.74 Å². The fraction of sp³-hybridized carbons (Fsp3) is 0.320. The average Bonchev–Trinajstić information content (AvgIpc) is 2.80. The van der Waals surface area contributed by atoms with Crippen LogP contribution in [-0.2, 0) is 17.9 Å². The van der Waals surface area contributed by atoms with Crippen molar-refractivity contribution in [3.8, 4) is 11.8 Å². The number of hydrogen-bond donors (Lipinski definition) is 2. The first-order valence-electron chi connectivity index (χ1n) is 11.1. The third-order valence-corrected chi connectivity index (χ3v) is 5.21. The van der Waals surface area contributed by atoms with E-state index in [0.717, 1.165) is 15.7 Å². The van der Waals surface area contributed by atoms with E-state index in [1.54, 1.807) is 12.1 Å². The second kappa shape index (κ2) is 10.7. The number of carboxylic acid groups (broad SMARTS) is 1. The molecule has 0 spiro atoms. The zero-order chi connectivity index (χ0) is 25.7. The Labute approximate surface area is 202 Å². The molecule has 10 heteroatoms. The van der Waals surface area contributed by atoms with Crippen molar-refractivity contribution < 1.29 is 14.6 Å². The maximum Gasteiger partial charge on any atom is 0.354 e. The molecule has 3 rings (SSSR count). The van der Waals surface area contributed by atoms with E-state index in [1.807, 2.05) is 45.0 Å². The van der Waals surface area contributed by atoms with Gasteiger partial charge in [-0.25, -0.2) is 14.2 Å². The van der Waals surface area contributed by atoms with Crippen molar-refractivity contribution in [1.29, 1.82) is 5.26 Å². The lowest BCUT2D eigenvalue weighted by molar-refractivity contribution is -0.141. The van der Waals surface area contributed by atoms with Gasteiger partial charge >= 0.3 is 17.3 Å². The highest BCUT2D eigenvalue weighted by Crippen LogP contribution is 2.25. The van der Waals surface area contributed by atoms with E-state index < -0.39 is 23.3 Å². The summed E-state index contributed by atoms with van der Waals surface area (Å²) >= 11 is 0. The Morgan fingerprint density at radius 2 is 1.83 bits per heavy atom. The Bertz CT molecular complexity index is 1380. The summed E-state index contributed by atoms with van der Waals surface area (Å²) < 4.78 is 7.73. The van der Waals surface area contributed by atoms with Crippen molar-refractivity contribution in [2.24, 2.45) is 5.92 Å². The lowest BCUT2D eigenvalue weighted by Gasteiger charge is -2.17. The normalized spacial score (nSPS) is 11.7. The molecule has 0 amide bonds. The number of benzene rings is 2. The number of aromatic nitrogens is 3. The van der Waals surface area contributed by atoms with Crippen molar-refractivity contribution in [3.05, 3.63) is 80.1 Å². The molecular weight excluding hydrogens is 450 g/mol. The number of ether oxygens (including phenoxy) is 1. The summed E-state index contributed by atoms with van der Waals surface area (Å²) in [5.74, 6) is -1.70. The highest BCUT2D eigenvalue weighted by atomic mass is 16.5. The van der Waals surface area contributed by atoms with Crippen LogP contribution in [0.5, 0.6) is 5.75 Å². The van der Waals surface area contributed by atoms with Crippen LogP contribution in [0.15, 0.2) is 52.1 Å². The Morgan fingerprint density at radius 3 is 2.43 bits per heavy atom. The van der Waals surface area contributed by atoms with Gasteiger partial charge in [-0.3, -0.25) is 9.36 Å². The van der Waals surface area contributed by atoms with Crippen LogP contribution in [0.4, 0.5) is 11.6 Å². The van der Waals surface area contributed by atoms with Crippen molar-refractivity contribution in [1.82, 2.24) is 14.1 Å². The molecule has 1 aromatic heterocycles. The molecule has 2 N–H and O–H groups in total. The first-order chi connectivity index (χ1) is 16.6. The first kappa shape index (κ1) is 25.2. The van der Waals surface area contributed by atoms with E-state index in [9.17, 15) is 24.8 Å². The molecule has 0 bridgehead atoms. The minimum Gasteiger partial charge on any atom is -0.490 e. The van der Waals surface area contributed by atoms with Crippen molar-refractivity contribution >= 4 is 17.6 Å². The molecular formula is C25H27N5O5. The summed E-state index contributed by atoms with van der Waals surface area (Å²) in [5, 5.41) is 21.7. The van der Waals surface area contributed by atoms with Crippen LogP contribution in [0.1, 0.15) is 37.5 Å². The topological polar surface area (TPSA) is 139 Å². The van der Waals surface area contributed by atoms with Crippen LogP contribution >= 0.6 is 0 Å². The summed E-state index contributed by atoms with van der Waals surface area (Å²) in [6.45, 7) is 6.83. The molecule has 0 saturated heterocycles. The minimum atomic E-state index is -1.13. The van der Waals surface area contributed by atoms with Gasteiger partial charge in [0.2, 0.25) is 5.95 Å². The van der Waals surface area contributed by atoms with Gasteiger partial charge in [-0.05, 0) is 44.5 Å². The predicted octanol–water partition coefficient (Wildman–Crippen LogP) is 2.88. The molecule has 10 nitrogen and oxygen atoms in total. The summed E-state index contributed by atoms with van der Waals surface area (Å²) in [5.41, 5.74) is 0.980. The number of aliphatic carboxylic acids is 1. The Hall–Kier alpha value is -4.39. The lowest BCUT2D eigenvalue weighted by atomic mass is 10.1. The number of rotatable bonds is 9. The number of nitrogens with one attached hydrogen (secondary N) is 1. The van der Waals surface area contributed by atoms with Crippen molar-refractivity contribution in [3.63, 3.8) is 0 Å². The standard InChI is InChI=1S/C25H27N5O5/c1-15(2)35-21-10-9-20(11-19(21)12-26)27-23-28-24(33)30(13-17(4)22(31)32)25(34)29(23)14-18-7-5-16(3)6-8-18/h5-11,15,17H,13-14H2,1-4H3,(H,31,32)(H,27,28,33)/t17-/m0/s1. The third-order valence-electron chi connectivity index (χ3n) is 5.21. The number of carbonyl (C=O) groups is 1. The van der Waals surface area contributed by atoms with Gasteiger partial charge < -0.3 is 15.2 Å². The number of aryl methyl sites for hydroxylation is 1. The quantitative estimate of drug-likeness (QED) is 0.480. The molecule has 2 aromatic carbocycles. The first-order valence-corrected chi connectivity index (χ1v) is 11.1. The minimum absolute atomic E-state index is 0.0266. The number of carboxylic acids is 1. The van der Waals surface area contributed by atoms with Gasteiger partial charge in [0, 0.05) is 12.2 Å². The molecule has 0 radical (unpaired) electrons. The maximum absolute atomic E-state index is 13.3. The predicted molar refractivity (Wildman–Crippen MR) is 130 cm³/mol. The van der Waals surface area contributed by atoms with Crippen LogP contribution in [0.2, 0.25) is 0 Å². The molecule has 0 fully saturated rings. The highest BCUT2D eigenvalue weighted by molar-refractivity contribution is 5.69. The summed E-state index contributed by atoms with van der Waals surface area (Å²) in [6, 6.07) is 14.4. The molecule has 0 aliphatic rings. The van der Waals surface area contributed by atoms with Gasteiger partial charge in [-0.1, -0.05) is 36.8 Å². The van der Waals surface area contributed by atoms with Gasteiger partial charge in [-0.2, -0.15) is 10.2 Å². The van der Waals surface area contributed by atoms with Crippen LogP contribution in [0, 0.1) is 24.2 Å². The molecule has 1 atom stereocenters. The van der Waals surface area contributed by atoms with E-state index >= 15 is 0 Å². The average molecular weight is 478 g/mol. The van der Waals surface area contributed by atoms with E-state index in [-0.39, 0.29) is 30.7 Å². The van der Waals surface area contributed by atoms with Crippen LogP contribution < -0.4 is 21.4 Å². The van der Waals surface area contributed by atoms with Gasteiger partial charge in [0.25, 0.3) is 0 Å². The molecule has 0 unspecified atom stereocenters. The van der Waals surface area contributed by atoms with E-state index in [0.29, 0.717) is 11.4 Å². The van der Waals surface area contributed by atoms with Crippen LogP contribution in [0.3, 0.4) is 0 Å². The summed E-state index contributed by atoms with van der Waals surface area (Å²) in [4.78, 5) is 41.3.